The van der Waals surface area contributed by atoms with Crippen molar-refractivity contribution in [1.82, 2.24) is 5.32 Å². The molecule has 2 unspecified atom stereocenters. The first-order valence-electron chi connectivity index (χ1n) is 8.20. The van der Waals surface area contributed by atoms with Crippen LogP contribution >= 0.6 is 11.8 Å². The molecule has 2 fully saturated rings. The highest BCUT2D eigenvalue weighted by molar-refractivity contribution is 7.99. The molecule has 2 saturated carbocycles. The molecule has 0 aromatic heterocycles. The van der Waals surface area contributed by atoms with E-state index >= 15 is 0 Å². The van der Waals surface area contributed by atoms with Crippen LogP contribution in [0.3, 0.4) is 0 Å². The van der Waals surface area contributed by atoms with Crippen LogP contribution < -0.4 is 5.32 Å². The largest absolute Gasteiger partial charge is 0.310 e. The Hall–Kier alpha value is -0.470. The predicted octanol–water partition coefficient (Wildman–Crippen LogP) is 4.59. The average Bonchev–Trinajstić information content (AvgIpc) is 2.96. The number of rotatable bonds is 4. The van der Waals surface area contributed by atoms with E-state index in [1.807, 2.05) is 0 Å². The van der Waals surface area contributed by atoms with Crippen molar-refractivity contribution in [3.8, 4) is 0 Å². The first-order chi connectivity index (χ1) is 9.86. The lowest BCUT2D eigenvalue weighted by molar-refractivity contribution is 0.316. The summed E-state index contributed by atoms with van der Waals surface area (Å²) >= 11 is 2.06. The van der Waals surface area contributed by atoms with E-state index in [1.54, 1.807) is 5.56 Å². The Bertz CT molecular complexity index is 397. The zero-order valence-electron chi connectivity index (χ0n) is 12.6. The molecule has 2 aliphatic carbocycles. The van der Waals surface area contributed by atoms with E-state index in [0.29, 0.717) is 0 Å². The van der Waals surface area contributed by atoms with E-state index in [9.17, 15) is 0 Å². The second-order valence-electron chi connectivity index (χ2n) is 6.44. The van der Waals surface area contributed by atoms with Crippen LogP contribution in [-0.2, 0) is 0 Å². The van der Waals surface area contributed by atoms with Crippen molar-refractivity contribution in [1.29, 1.82) is 0 Å². The van der Waals surface area contributed by atoms with Gasteiger partial charge < -0.3 is 5.32 Å². The summed E-state index contributed by atoms with van der Waals surface area (Å²) in [5, 5.41) is 4.83. The lowest BCUT2D eigenvalue weighted by Gasteiger charge is -2.33. The summed E-state index contributed by atoms with van der Waals surface area (Å²) in [6.07, 6.45) is 11.9. The molecule has 0 saturated heterocycles. The van der Waals surface area contributed by atoms with Gasteiger partial charge in [-0.1, -0.05) is 36.8 Å². The van der Waals surface area contributed by atoms with Crippen LogP contribution in [0, 0.1) is 0 Å². The van der Waals surface area contributed by atoms with Crippen LogP contribution in [0.1, 0.15) is 56.4 Å². The van der Waals surface area contributed by atoms with Gasteiger partial charge >= 0.3 is 0 Å². The SMILES string of the molecule is CSC1CCCC1NC1CCC(c2ccccc2)CC1. The number of nitrogens with one attached hydrogen (secondary N) is 1. The quantitative estimate of drug-likeness (QED) is 0.870. The van der Waals surface area contributed by atoms with E-state index in [-0.39, 0.29) is 0 Å². The summed E-state index contributed by atoms with van der Waals surface area (Å²) in [6.45, 7) is 0. The maximum absolute atomic E-state index is 3.97. The molecule has 1 nitrogen and oxygen atoms in total. The highest BCUT2D eigenvalue weighted by atomic mass is 32.2. The second kappa shape index (κ2) is 7.00. The molecular weight excluding hydrogens is 262 g/mol. The molecule has 0 aliphatic heterocycles. The Morgan fingerprint density at radius 1 is 0.950 bits per heavy atom. The third-order valence-electron chi connectivity index (χ3n) is 5.20. The summed E-state index contributed by atoms with van der Waals surface area (Å²) in [7, 11) is 0. The summed E-state index contributed by atoms with van der Waals surface area (Å²) < 4.78 is 0. The Balaban J connectivity index is 1.49. The Labute approximate surface area is 127 Å². The number of hydrogen-bond acceptors (Lipinski definition) is 2. The minimum atomic E-state index is 0.771. The molecule has 3 rings (SSSR count). The van der Waals surface area contributed by atoms with Gasteiger partial charge in [0.25, 0.3) is 0 Å². The van der Waals surface area contributed by atoms with Crippen LogP contribution in [-0.4, -0.2) is 23.6 Å². The van der Waals surface area contributed by atoms with Crippen molar-refractivity contribution in [2.75, 3.05) is 6.26 Å². The predicted molar refractivity (Wildman–Crippen MR) is 89.5 cm³/mol. The molecule has 20 heavy (non-hydrogen) atoms. The minimum Gasteiger partial charge on any atom is -0.310 e. The fraction of sp³-hybridized carbons (Fsp3) is 0.667. The molecule has 0 radical (unpaired) electrons. The molecule has 2 aliphatic rings. The molecule has 0 amide bonds. The van der Waals surface area contributed by atoms with E-state index in [2.05, 4.69) is 53.7 Å². The van der Waals surface area contributed by atoms with Gasteiger partial charge in [0.05, 0.1) is 0 Å². The van der Waals surface area contributed by atoms with Gasteiger partial charge in [0.1, 0.15) is 0 Å². The lowest BCUT2D eigenvalue weighted by Crippen LogP contribution is -2.43. The number of hydrogen-bond donors (Lipinski definition) is 1. The van der Waals surface area contributed by atoms with Crippen LogP contribution in [0.15, 0.2) is 30.3 Å². The highest BCUT2D eigenvalue weighted by Crippen LogP contribution is 2.34. The van der Waals surface area contributed by atoms with Gasteiger partial charge in [-0.3, -0.25) is 0 Å². The number of thioether (sulfide) groups is 1. The van der Waals surface area contributed by atoms with Crippen molar-refractivity contribution in [2.45, 2.75) is 68.2 Å². The molecular formula is C18H27NS. The first-order valence-corrected chi connectivity index (χ1v) is 9.49. The van der Waals surface area contributed by atoms with Gasteiger partial charge in [0.2, 0.25) is 0 Å². The van der Waals surface area contributed by atoms with Gasteiger partial charge in [0, 0.05) is 17.3 Å². The van der Waals surface area contributed by atoms with Crippen LogP contribution in [0.25, 0.3) is 0 Å². The maximum atomic E-state index is 3.97. The molecule has 1 N–H and O–H groups in total. The highest BCUT2D eigenvalue weighted by Gasteiger charge is 2.30. The van der Waals surface area contributed by atoms with E-state index in [0.717, 1.165) is 23.3 Å². The zero-order valence-corrected chi connectivity index (χ0v) is 13.4. The fourth-order valence-corrected chi connectivity index (χ4v) is 4.97. The zero-order chi connectivity index (χ0) is 13.8. The van der Waals surface area contributed by atoms with Gasteiger partial charge in [-0.15, -0.1) is 0 Å². The normalized spacial score (nSPS) is 34.2. The lowest BCUT2D eigenvalue weighted by atomic mass is 9.81. The van der Waals surface area contributed by atoms with Crippen molar-refractivity contribution in [3.63, 3.8) is 0 Å². The second-order valence-corrected chi connectivity index (χ2v) is 7.51. The topological polar surface area (TPSA) is 12.0 Å². The molecule has 0 bridgehead atoms. The molecule has 2 atom stereocenters. The summed E-state index contributed by atoms with van der Waals surface area (Å²) in [6, 6.07) is 12.6. The van der Waals surface area contributed by atoms with Gasteiger partial charge in [0.15, 0.2) is 0 Å². The van der Waals surface area contributed by atoms with Crippen LogP contribution in [0.4, 0.5) is 0 Å². The molecule has 0 spiro atoms. The Morgan fingerprint density at radius 3 is 2.40 bits per heavy atom. The number of benzene rings is 1. The Kier molecular flexibility index (Phi) is 5.06. The van der Waals surface area contributed by atoms with Crippen LogP contribution in [0.2, 0.25) is 0 Å². The average molecular weight is 289 g/mol. The summed E-state index contributed by atoms with van der Waals surface area (Å²) in [5.41, 5.74) is 1.55. The van der Waals surface area contributed by atoms with Crippen molar-refractivity contribution < 1.29 is 0 Å². The smallest absolute Gasteiger partial charge is 0.0198 e. The minimum absolute atomic E-state index is 0.771. The van der Waals surface area contributed by atoms with Crippen molar-refractivity contribution in [3.05, 3.63) is 35.9 Å². The molecule has 110 valence electrons. The molecule has 1 aromatic carbocycles. The standard InChI is InChI=1S/C18H27NS/c1-20-18-9-5-8-17(18)19-16-12-10-15(11-13-16)14-6-3-2-4-7-14/h2-4,6-7,15-19H,5,8-13H2,1H3. The molecule has 2 heteroatoms. The van der Waals surface area contributed by atoms with Crippen molar-refractivity contribution in [2.24, 2.45) is 0 Å². The van der Waals surface area contributed by atoms with Crippen molar-refractivity contribution >= 4 is 11.8 Å². The Morgan fingerprint density at radius 2 is 1.70 bits per heavy atom. The van der Waals surface area contributed by atoms with Gasteiger partial charge in [-0.25, -0.2) is 0 Å². The van der Waals surface area contributed by atoms with Gasteiger partial charge in [-0.05, 0) is 56.3 Å². The third kappa shape index (κ3) is 3.40. The third-order valence-corrected chi connectivity index (χ3v) is 6.37. The van der Waals surface area contributed by atoms with Gasteiger partial charge in [-0.2, -0.15) is 11.8 Å². The summed E-state index contributed by atoms with van der Waals surface area (Å²) in [5.74, 6) is 0.800. The van der Waals surface area contributed by atoms with E-state index in [1.165, 1.54) is 44.9 Å². The summed E-state index contributed by atoms with van der Waals surface area (Å²) in [4.78, 5) is 0. The molecule has 1 aromatic rings. The fourth-order valence-electron chi connectivity index (χ4n) is 4.02. The monoisotopic (exact) mass is 289 g/mol. The van der Waals surface area contributed by atoms with Crippen LogP contribution in [0.5, 0.6) is 0 Å². The van der Waals surface area contributed by atoms with E-state index in [4.69, 9.17) is 0 Å². The maximum Gasteiger partial charge on any atom is 0.0198 e. The molecule has 0 heterocycles. The first kappa shape index (κ1) is 14.5. The van der Waals surface area contributed by atoms with E-state index < -0.39 is 0 Å².